The molecule has 1 unspecified atom stereocenters. The van der Waals surface area contributed by atoms with Crippen LogP contribution in [0.4, 0.5) is 0 Å². The highest BCUT2D eigenvalue weighted by Gasteiger charge is 2.17. The zero-order chi connectivity index (χ0) is 10.0. The van der Waals surface area contributed by atoms with E-state index in [1.807, 2.05) is 0 Å². The van der Waals surface area contributed by atoms with E-state index in [-0.39, 0.29) is 10.6 Å². The molecule has 0 N–H and O–H groups in total. The van der Waals surface area contributed by atoms with Crippen LogP contribution < -0.4 is 0 Å². The quantitative estimate of drug-likeness (QED) is 0.497. The summed E-state index contributed by atoms with van der Waals surface area (Å²) in [5.74, 6) is -0.0457. The van der Waals surface area contributed by atoms with Crippen LogP contribution in [0, 0.1) is 0 Å². The number of hydrogen-bond acceptors (Lipinski definition) is 2. The van der Waals surface area contributed by atoms with E-state index < -0.39 is 0 Å². The Morgan fingerprint density at radius 3 is 2.69 bits per heavy atom. The molecule has 1 nitrogen and oxygen atoms in total. The second-order valence-corrected chi connectivity index (χ2v) is 4.88. The van der Waals surface area contributed by atoms with Crippen molar-refractivity contribution in [1.29, 1.82) is 0 Å². The van der Waals surface area contributed by atoms with E-state index in [9.17, 15) is 4.79 Å². The Kier molecular flexibility index (Phi) is 3.83. The third-order valence-corrected chi connectivity index (χ3v) is 2.70. The summed E-state index contributed by atoms with van der Waals surface area (Å²) in [5, 5.41) is 0.448. The third kappa shape index (κ3) is 2.48. The van der Waals surface area contributed by atoms with E-state index in [0.717, 1.165) is 0 Å². The summed E-state index contributed by atoms with van der Waals surface area (Å²) in [5.41, 5.74) is 0.483. The SMILES string of the molecule is CC(Br)C(=O)c1c(S)cccc1Cl. The largest absolute Gasteiger partial charge is 0.293 e. The van der Waals surface area contributed by atoms with Gasteiger partial charge in [-0.05, 0) is 19.1 Å². The van der Waals surface area contributed by atoms with Gasteiger partial charge in [0, 0.05) is 4.90 Å². The highest BCUT2D eigenvalue weighted by atomic mass is 79.9. The van der Waals surface area contributed by atoms with Crippen LogP contribution in [0.15, 0.2) is 23.1 Å². The molecule has 1 rings (SSSR count). The minimum atomic E-state index is -0.238. The molecular weight excluding hydrogens is 272 g/mol. The Bertz CT molecular complexity index is 318. The second kappa shape index (κ2) is 4.49. The van der Waals surface area contributed by atoms with Gasteiger partial charge in [-0.3, -0.25) is 4.79 Å². The van der Waals surface area contributed by atoms with Crippen molar-refractivity contribution in [2.24, 2.45) is 0 Å². The molecule has 0 aromatic heterocycles. The first-order valence-electron chi connectivity index (χ1n) is 3.69. The minimum absolute atomic E-state index is 0.0457. The lowest BCUT2D eigenvalue weighted by molar-refractivity contribution is 0.0993. The summed E-state index contributed by atoms with van der Waals surface area (Å²) in [6.45, 7) is 1.76. The van der Waals surface area contributed by atoms with Gasteiger partial charge >= 0.3 is 0 Å². The molecule has 0 amide bonds. The molecular formula is C9H8BrClOS. The molecule has 13 heavy (non-hydrogen) atoms. The van der Waals surface area contributed by atoms with Crippen molar-refractivity contribution in [2.45, 2.75) is 16.6 Å². The lowest BCUT2D eigenvalue weighted by Crippen LogP contribution is -2.11. The zero-order valence-electron chi connectivity index (χ0n) is 6.92. The van der Waals surface area contributed by atoms with Crippen molar-refractivity contribution in [3.05, 3.63) is 28.8 Å². The summed E-state index contributed by atoms with van der Waals surface area (Å²) in [6, 6.07) is 5.20. The normalized spacial score (nSPS) is 12.6. The predicted octanol–water partition coefficient (Wildman–Crippen LogP) is 3.59. The smallest absolute Gasteiger partial charge is 0.178 e. The van der Waals surface area contributed by atoms with Crippen molar-refractivity contribution in [3.63, 3.8) is 0 Å². The topological polar surface area (TPSA) is 17.1 Å². The minimum Gasteiger partial charge on any atom is -0.293 e. The first-order valence-corrected chi connectivity index (χ1v) is 5.44. The maximum Gasteiger partial charge on any atom is 0.178 e. The molecule has 70 valence electrons. The number of alkyl halides is 1. The summed E-state index contributed by atoms with van der Waals surface area (Å²) < 4.78 is 0. The molecule has 0 bridgehead atoms. The zero-order valence-corrected chi connectivity index (χ0v) is 10.2. The molecule has 0 radical (unpaired) electrons. The van der Waals surface area contributed by atoms with Gasteiger partial charge in [0.1, 0.15) is 0 Å². The molecule has 0 saturated carbocycles. The monoisotopic (exact) mass is 278 g/mol. The Morgan fingerprint density at radius 1 is 1.62 bits per heavy atom. The summed E-state index contributed by atoms with van der Waals surface area (Å²) in [4.78, 5) is 12.0. The maximum absolute atomic E-state index is 11.6. The molecule has 1 aromatic carbocycles. The van der Waals surface area contributed by atoms with Gasteiger partial charge in [-0.1, -0.05) is 33.6 Å². The molecule has 0 aliphatic carbocycles. The number of ketones is 1. The lowest BCUT2D eigenvalue weighted by atomic mass is 10.1. The number of thiol groups is 1. The summed E-state index contributed by atoms with van der Waals surface area (Å²) >= 11 is 13.3. The number of carbonyl (C=O) groups is 1. The van der Waals surface area contributed by atoms with Gasteiger partial charge in [0.15, 0.2) is 5.78 Å². The molecule has 0 aliphatic rings. The lowest BCUT2D eigenvalue weighted by Gasteiger charge is -2.07. The van der Waals surface area contributed by atoms with E-state index in [1.165, 1.54) is 0 Å². The Labute approximate surface area is 96.0 Å². The van der Waals surface area contributed by atoms with Crippen molar-refractivity contribution < 1.29 is 4.79 Å². The fraction of sp³-hybridized carbons (Fsp3) is 0.222. The van der Waals surface area contributed by atoms with E-state index in [1.54, 1.807) is 25.1 Å². The first-order chi connectivity index (χ1) is 6.04. The highest BCUT2D eigenvalue weighted by Crippen LogP contribution is 2.25. The molecule has 4 heteroatoms. The van der Waals surface area contributed by atoms with Crippen LogP contribution >= 0.6 is 40.2 Å². The average molecular weight is 280 g/mol. The van der Waals surface area contributed by atoms with E-state index in [4.69, 9.17) is 11.6 Å². The summed E-state index contributed by atoms with van der Waals surface area (Å²) in [6.07, 6.45) is 0. The van der Waals surface area contributed by atoms with Crippen LogP contribution in [0.25, 0.3) is 0 Å². The molecule has 0 spiro atoms. The Morgan fingerprint density at radius 2 is 2.23 bits per heavy atom. The van der Waals surface area contributed by atoms with Gasteiger partial charge in [-0.15, -0.1) is 12.6 Å². The second-order valence-electron chi connectivity index (χ2n) is 2.61. The van der Waals surface area contributed by atoms with Crippen LogP contribution in [0.1, 0.15) is 17.3 Å². The van der Waals surface area contributed by atoms with E-state index in [0.29, 0.717) is 15.5 Å². The van der Waals surface area contributed by atoms with E-state index in [2.05, 4.69) is 28.6 Å². The van der Waals surface area contributed by atoms with Crippen molar-refractivity contribution in [3.8, 4) is 0 Å². The number of carbonyl (C=O) groups excluding carboxylic acids is 1. The van der Waals surface area contributed by atoms with Crippen molar-refractivity contribution >= 4 is 45.9 Å². The van der Waals surface area contributed by atoms with Crippen LogP contribution in [0.2, 0.25) is 5.02 Å². The molecule has 0 aliphatic heterocycles. The third-order valence-electron chi connectivity index (χ3n) is 1.60. The first kappa shape index (κ1) is 11.1. The Hall–Kier alpha value is 0.01000. The molecule has 0 saturated heterocycles. The molecule has 1 aromatic rings. The molecule has 0 heterocycles. The van der Waals surface area contributed by atoms with Crippen molar-refractivity contribution in [1.82, 2.24) is 0 Å². The van der Waals surface area contributed by atoms with Gasteiger partial charge in [0.25, 0.3) is 0 Å². The van der Waals surface area contributed by atoms with Crippen LogP contribution in [-0.4, -0.2) is 10.6 Å². The van der Waals surface area contributed by atoms with Crippen LogP contribution in [-0.2, 0) is 0 Å². The fourth-order valence-electron chi connectivity index (χ4n) is 0.956. The van der Waals surface area contributed by atoms with Crippen LogP contribution in [0.5, 0.6) is 0 Å². The number of hydrogen-bond donors (Lipinski definition) is 1. The Balaban J connectivity index is 3.20. The fourth-order valence-corrected chi connectivity index (χ4v) is 1.83. The highest BCUT2D eigenvalue weighted by molar-refractivity contribution is 9.10. The maximum atomic E-state index is 11.6. The number of rotatable bonds is 2. The summed E-state index contributed by atoms with van der Waals surface area (Å²) in [7, 11) is 0. The molecule has 1 atom stereocenters. The van der Waals surface area contributed by atoms with Crippen LogP contribution in [0.3, 0.4) is 0 Å². The van der Waals surface area contributed by atoms with Crippen molar-refractivity contribution in [2.75, 3.05) is 0 Å². The van der Waals surface area contributed by atoms with Gasteiger partial charge in [0.2, 0.25) is 0 Å². The van der Waals surface area contributed by atoms with Gasteiger partial charge in [-0.25, -0.2) is 0 Å². The standard InChI is InChI=1S/C9H8BrClOS/c1-5(10)9(12)8-6(11)3-2-4-7(8)13/h2-5,13H,1H3. The van der Waals surface area contributed by atoms with Gasteiger partial charge in [0.05, 0.1) is 15.4 Å². The van der Waals surface area contributed by atoms with Gasteiger partial charge in [-0.2, -0.15) is 0 Å². The average Bonchev–Trinajstić information content (AvgIpc) is 2.03. The van der Waals surface area contributed by atoms with Gasteiger partial charge < -0.3 is 0 Å². The molecule has 0 fully saturated rings. The predicted molar refractivity (Wildman–Crippen MR) is 61.4 cm³/mol. The van der Waals surface area contributed by atoms with E-state index >= 15 is 0 Å². The number of halogens is 2. The number of benzene rings is 1. The number of Topliss-reactive ketones (excluding diaryl/α,β-unsaturated/α-hetero) is 1.